The summed E-state index contributed by atoms with van der Waals surface area (Å²) in [7, 11) is 0. The summed E-state index contributed by atoms with van der Waals surface area (Å²) in [6, 6.07) is 5.96. The molecule has 2 rings (SSSR count). The number of aryl methyl sites for hydroxylation is 1. The molecule has 2 heteroatoms. The Morgan fingerprint density at radius 3 is 2.41 bits per heavy atom. The summed E-state index contributed by atoms with van der Waals surface area (Å²) in [5.74, 6) is 0.923. The molecule has 0 heterocycles. The van der Waals surface area contributed by atoms with Gasteiger partial charge in [-0.25, -0.2) is 0 Å². The molecule has 0 bridgehead atoms. The predicted octanol–water partition coefficient (Wildman–Crippen LogP) is 3.92. The van der Waals surface area contributed by atoms with Crippen LogP contribution in [0.15, 0.2) is 18.2 Å². The van der Waals surface area contributed by atoms with E-state index in [1.807, 2.05) is 19.1 Å². The Morgan fingerprint density at radius 1 is 1.18 bits per heavy atom. The Bertz CT molecular complexity index is 368. The van der Waals surface area contributed by atoms with Gasteiger partial charge >= 0.3 is 0 Å². The van der Waals surface area contributed by atoms with Gasteiger partial charge < -0.3 is 10.5 Å². The van der Waals surface area contributed by atoms with Crippen LogP contribution in [0.25, 0.3) is 0 Å². The molecule has 0 unspecified atom stereocenters. The number of ether oxygens (including phenoxy) is 1. The molecule has 1 aromatic carbocycles. The van der Waals surface area contributed by atoms with Crippen molar-refractivity contribution in [2.45, 2.75) is 52.6 Å². The second kappa shape index (κ2) is 4.59. The zero-order valence-electron chi connectivity index (χ0n) is 11.1. The second-order valence-corrected chi connectivity index (χ2v) is 6.06. The number of hydrogen-bond donors (Lipinski definition) is 1. The fraction of sp³-hybridized carbons (Fsp3) is 0.600. The van der Waals surface area contributed by atoms with Crippen molar-refractivity contribution in [1.29, 1.82) is 0 Å². The van der Waals surface area contributed by atoms with Gasteiger partial charge in [0.15, 0.2) is 0 Å². The molecule has 94 valence electrons. The average molecular weight is 233 g/mol. The summed E-state index contributed by atoms with van der Waals surface area (Å²) in [5, 5.41) is 0. The van der Waals surface area contributed by atoms with E-state index in [-0.39, 0.29) is 0 Å². The number of anilines is 1. The minimum atomic E-state index is 0.365. The van der Waals surface area contributed by atoms with Gasteiger partial charge in [-0.3, -0.25) is 0 Å². The smallest absolute Gasteiger partial charge is 0.122 e. The van der Waals surface area contributed by atoms with Crippen molar-refractivity contribution < 1.29 is 4.74 Å². The van der Waals surface area contributed by atoms with E-state index < -0.39 is 0 Å². The Hall–Kier alpha value is -1.18. The number of hydrogen-bond acceptors (Lipinski definition) is 2. The van der Waals surface area contributed by atoms with Gasteiger partial charge in [0.1, 0.15) is 5.75 Å². The maximum atomic E-state index is 6.03. The molecule has 0 amide bonds. The van der Waals surface area contributed by atoms with Crippen LogP contribution in [-0.2, 0) is 0 Å². The first-order valence-corrected chi connectivity index (χ1v) is 6.48. The zero-order chi connectivity index (χ0) is 12.5. The molecule has 0 aromatic heterocycles. The van der Waals surface area contributed by atoms with Crippen molar-refractivity contribution in [3.63, 3.8) is 0 Å². The fourth-order valence-corrected chi connectivity index (χ4v) is 2.53. The summed E-state index contributed by atoms with van der Waals surface area (Å²) in [4.78, 5) is 0. The van der Waals surface area contributed by atoms with E-state index in [9.17, 15) is 0 Å². The Balaban J connectivity index is 1.97. The van der Waals surface area contributed by atoms with Crippen molar-refractivity contribution in [3.05, 3.63) is 23.8 Å². The molecule has 1 aliphatic carbocycles. The lowest BCUT2D eigenvalue weighted by Crippen LogP contribution is -2.28. The van der Waals surface area contributed by atoms with Gasteiger partial charge in [-0.2, -0.15) is 0 Å². The standard InChI is InChI=1S/C15H23NO/c1-11-8-12(16)10-14(9-11)17-13-4-6-15(2,3)7-5-13/h8-10,13H,4-7,16H2,1-3H3. The van der Waals surface area contributed by atoms with Gasteiger partial charge in [0.2, 0.25) is 0 Å². The van der Waals surface area contributed by atoms with Crippen molar-refractivity contribution in [2.24, 2.45) is 5.41 Å². The van der Waals surface area contributed by atoms with Gasteiger partial charge in [0.25, 0.3) is 0 Å². The third kappa shape index (κ3) is 3.39. The number of benzene rings is 1. The molecule has 1 aromatic rings. The van der Waals surface area contributed by atoms with Crippen LogP contribution in [0.5, 0.6) is 5.75 Å². The minimum Gasteiger partial charge on any atom is -0.490 e. The molecule has 0 radical (unpaired) electrons. The van der Waals surface area contributed by atoms with Gasteiger partial charge in [-0.05, 0) is 55.7 Å². The molecule has 0 spiro atoms. The van der Waals surface area contributed by atoms with E-state index in [1.165, 1.54) is 12.8 Å². The second-order valence-electron chi connectivity index (χ2n) is 6.06. The highest BCUT2D eigenvalue weighted by atomic mass is 16.5. The summed E-state index contributed by atoms with van der Waals surface area (Å²) < 4.78 is 6.03. The molecule has 0 saturated heterocycles. The van der Waals surface area contributed by atoms with Crippen LogP contribution in [0, 0.1) is 12.3 Å². The van der Waals surface area contributed by atoms with Crippen LogP contribution in [0.2, 0.25) is 0 Å². The highest BCUT2D eigenvalue weighted by Gasteiger charge is 2.27. The Kier molecular flexibility index (Phi) is 3.32. The number of rotatable bonds is 2. The van der Waals surface area contributed by atoms with E-state index in [2.05, 4.69) is 19.9 Å². The van der Waals surface area contributed by atoms with Crippen molar-refractivity contribution >= 4 is 5.69 Å². The quantitative estimate of drug-likeness (QED) is 0.786. The van der Waals surface area contributed by atoms with Crippen LogP contribution >= 0.6 is 0 Å². The topological polar surface area (TPSA) is 35.2 Å². The molecule has 1 saturated carbocycles. The van der Waals surface area contributed by atoms with Gasteiger partial charge in [0.05, 0.1) is 6.10 Å². The third-order valence-corrected chi connectivity index (χ3v) is 3.66. The highest BCUT2D eigenvalue weighted by Crippen LogP contribution is 2.36. The van der Waals surface area contributed by atoms with E-state index in [4.69, 9.17) is 10.5 Å². The van der Waals surface area contributed by atoms with Gasteiger partial charge in [0, 0.05) is 11.8 Å². The molecule has 2 nitrogen and oxygen atoms in total. The molecule has 0 aliphatic heterocycles. The van der Waals surface area contributed by atoms with Crippen LogP contribution in [-0.4, -0.2) is 6.10 Å². The largest absolute Gasteiger partial charge is 0.490 e. The van der Waals surface area contributed by atoms with Crippen molar-refractivity contribution in [2.75, 3.05) is 5.73 Å². The van der Waals surface area contributed by atoms with E-state index in [0.717, 1.165) is 29.8 Å². The van der Waals surface area contributed by atoms with Gasteiger partial charge in [-0.1, -0.05) is 13.8 Å². The van der Waals surface area contributed by atoms with Crippen molar-refractivity contribution in [1.82, 2.24) is 0 Å². The first-order chi connectivity index (χ1) is 7.94. The summed E-state index contributed by atoms with van der Waals surface area (Å²) in [6.45, 7) is 6.73. The maximum Gasteiger partial charge on any atom is 0.122 e. The van der Waals surface area contributed by atoms with Crippen LogP contribution in [0.4, 0.5) is 5.69 Å². The first kappa shape index (κ1) is 12.3. The van der Waals surface area contributed by atoms with Crippen LogP contribution < -0.4 is 10.5 Å². The van der Waals surface area contributed by atoms with Crippen LogP contribution in [0.3, 0.4) is 0 Å². The van der Waals surface area contributed by atoms with Crippen LogP contribution in [0.1, 0.15) is 45.1 Å². The Labute approximate surface area is 104 Å². The SMILES string of the molecule is Cc1cc(N)cc(OC2CCC(C)(C)CC2)c1. The lowest BCUT2D eigenvalue weighted by Gasteiger charge is -2.34. The lowest BCUT2D eigenvalue weighted by molar-refractivity contribution is 0.0988. The normalized spacial score (nSPS) is 20.2. The van der Waals surface area contributed by atoms with E-state index in [0.29, 0.717) is 11.5 Å². The summed E-state index contributed by atoms with van der Waals surface area (Å²) in [5.41, 5.74) is 8.27. The lowest BCUT2D eigenvalue weighted by atomic mass is 9.76. The summed E-state index contributed by atoms with van der Waals surface area (Å²) >= 11 is 0. The molecule has 1 aliphatic rings. The van der Waals surface area contributed by atoms with Gasteiger partial charge in [-0.15, -0.1) is 0 Å². The van der Waals surface area contributed by atoms with E-state index >= 15 is 0 Å². The molecule has 0 atom stereocenters. The van der Waals surface area contributed by atoms with Crippen molar-refractivity contribution in [3.8, 4) is 5.75 Å². The maximum absolute atomic E-state index is 6.03. The molecular weight excluding hydrogens is 210 g/mol. The molecule has 1 fully saturated rings. The van der Waals surface area contributed by atoms with E-state index in [1.54, 1.807) is 0 Å². The number of nitrogen functional groups attached to an aromatic ring is 1. The number of nitrogens with two attached hydrogens (primary N) is 1. The first-order valence-electron chi connectivity index (χ1n) is 6.48. The monoisotopic (exact) mass is 233 g/mol. The third-order valence-electron chi connectivity index (χ3n) is 3.66. The zero-order valence-corrected chi connectivity index (χ0v) is 11.1. The Morgan fingerprint density at radius 2 is 1.82 bits per heavy atom. The molecular formula is C15H23NO. The minimum absolute atomic E-state index is 0.365. The molecule has 2 N–H and O–H groups in total. The fourth-order valence-electron chi connectivity index (χ4n) is 2.53. The predicted molar refractivity (Wildman–Crippen MR) is 72.3 cm³/mol. The summed E-state index contributed by atoms with van der Waals surface area (Å²) in [6.07, 6.45) is 5.17. The highest BCUT2D eigenvalue weighted by molar-refractivity contribution is 5.47. The molecule has 17 heavy (non-hydrogen) atoms. The average Bonchev–Trinajstić information content (AvgIpc) is 2.20.